The molecule has 0 spiro atoms. The summed E-state index contributed by atoms with van der Waals surface area (Å²) in [6.45, 7) is 0.843. The third-order valence-corrected chi connectivity index (χ3v) is 2.08. The fourth-order valence-corrected chi connectivity index (χ4v) is 1.41. The van der Waals surface area contributed by atoms with Crippen molar-refractivity contribution in [1.29, 1.82) is 0 Å². The van der Waals surface area contributed by atoms with Crippen LogP contribution in [-0.4, -0.2) is 43.3 Å². The number of methoxy groups -OCH3 is 1. The predicted molar refractivity (Wildman–Crippen MR) is 33.5 cm³/mol. The van der Waals surface area contributed by atoms with Gasteiger partial charge < -0.3 is 19.9 Å². The highest BCUT2D eigenvalue weighted by Crippen LogP contribution is 2.31. The Balaban J connectivity index is 1.92. The number of epoxide rings is 1. The minimum atomic E-state index is -0.725. The van der Waals surface area contributed by atoms with Gasteiger partial charge in [-0.25, -0.2) is 0 Å². The van der Waals surface area contributed by atoms with E-state index in [2.05, 4.69) is 5.32 Å². The third-order valence-electron chi connectivity index (χ3n) is 2.08. The Morgan fingerprint density at radius 2 is 2.60 bits per heavy atom. The summed E-state index contributed by atoms with van der Waals surface area (Å²) in [7, 11) is 1.49. The Morgan fingerprint density at radius 3 is 3.00 bits per heavy atom. The number of rotatable bonds is 2. The Kier molecular flexibility index (Phi) is 1.42. The molecule has 10 heavy (non-hydrogen) atoms. The van der Waals surface area contributed by atoms with Crippen molar-refractivity contribution in [3.63, 3.8) is 0 Å². The number of hydrogen-bond donors (Lipinski definition) is 2. The van der Waals surface area contributed by atoms with E-state index in [0.717, 1.165) is 6.54 Å². The van der Waals surface area contributed by atoms with E-state index in [1.165, 1.54) is 7.11 Å². The molecule has 0 aromatic carbocycles. The van der Waals surface area contributed by atoms with Crippen LogP contribution in [0.2, 0.25) is 0 Å². The molecule has 2 fully saturated rings. The zero-order valence-corrected chi connectivity index (χ0v) is 5.78. The van der Waals surface area contributed by atoms with Gasteiger partial charge in [-0.1, -0.05) is 0 Å². The normalized spacial score (nSPS) is 46.8. The Labute approximate surface area is 59.1 Å². The van der Waals surface area contributed by atoms with Crippen LogP contribution in [0, 0.1) is 0 Å². The Morgan fingerprint density at radius 1 is 1.80 bits per heavy atom. The topological polar surface area (TPSA) is 54.0 Å². The zero-order valence-electron chi connectivity index (χ0n) is 5.78. The van der Waals surface area contributed by atoms with E-state index in [-0.39, 0.29) is 12.1 Å². The second kappa shape index (κ2) is 2.17. The molecule has 58 valence electrons. The maximum Gasteiger partial charge on any atom is 0.172 e. The largest absolute Gasteiger partial charge is 0.367 e. The fraction of sp³-hybridized carbons (Fsp3) is 1.00. The molecule has 0 aromatic heterocycles. The van der Waals surface area contributed by atoms with Crippen molar-refractivity contribution in [2.24, 2.45) is 0 Å². The average Bonchev–Trinajstić information content (AvgIpc) is 2.62. The van der Waals surface area contributed by atoms with Crippen molar-refractivity contribution < 1.29 is 14.6 Å². The highest BCUT2D eigenvalue weighted by molar-refractivity contribution is 5.03. The summed E-state index contributed by atoms with van der Waals surface area (Å²) in [4.78, 5) is 0. The lowest BCUT2D eigenvalue weighted by atomic mass is 10.2. The molecule has 0 aliphatic carbocycles. The number of hydrogen-bond acceptors (Lipinski definition) is 4. The molecule has 0 amide bonds. The molecule has 2 aliphatic heterocycles. The maximum absolute atomic E-state index is 9.19. The van der Waals surface area contributed by atoms with E-state index in [1.807, 2.05) is 0 Å². The van der Waals surface area contributed by atoms with Crippen molar-refractivity contribution >= 4 is 0 Å². The lowest BCUT2D eigenvalue weighted by Crippen LogP contribution is -2.41. The van der Waals surface area contributed by atoms with Crippen LogP contribution in [-0.2, 0) is 9.47 Å². The molecule has 0 aromatic rings. The molecular formula is C6H11NO3. The molecule has 2 N–H and O–H groups in total. The first-order chi connectivity index (χ1) is 4.83. The van der Waals surface area contributed by atoms with Gasteiger partial charge in [0.25, 0.3) is 0 Å². The number of nitrogens with one attached hydrogen (secondary N) is 1. The van der Waals surface area contributed by atoms with E-state index in [4.69, 9.17) is 9.47 Å². The third kappa shape index (κ3) is 0.845. The van der Waals surface area contributed by atoms with Gasteiger partial charge in [0, 0.05) is 13.7 Å². The van der Waals surface area contributed by atoms with Crippen molar-refractivity contribution in [1.82, 2.24) is 5.32 Å². The van der Waals surface area contributed by atoms with Gasteiger partial charge in [0.2, 0.25) is 0 Å². The molecule has 2 heterocycles. The SMILES string of the molecule is COC(O)C1NCC2OC21. The summed E-state index contributed by atoms with van der Waals surface area (Å²) in [5.41, 5.74) is 0. The van der Waals surface area contributed by atoms with Gasteiger partial charge in [-0.15, -0.1) is 0 Å². The van der Waals surface area contributed by atoms with Crippen LogP contribution in [0.5, 0.6) is 0 Å². The van der Waals surface area contributed by atoms with Gasteiger partial charge in [-0.2, -0.15) is 0 Å². The summed E-state index contributed by atoms with van der Waals surface area (Å²) >= 11 is 0. The Hall–Kier alpha value is -0.160. The summed E-state index contributed by atoms with van der Waals surface area (Å²) < 4.78 is 9.93. The van der Waals surface area contributed by atoms with Gasteiger partial charge in [0.15, 0.2) is 6.29 Å². The molecule has 2 saturated heterocycles. The molecule has 4 heteroatoms. The summed E-state index contributed by atoms with van der Waals surface area (Å²) in [6, 6.07) is -0.0185. The molecular weight excluding hydrogens is 134 g/mol. The smallest absolute Gasteiger partial charge is 0.172 e. The zero-order chi connectivity index (χ0) is 7.14. The Bertz CT molecular complexity index is 141. The average molecular weight is 145 g/mol. The molecule has 0 bridgehead atoms. The lowest BCUT2D eigenvalue weighted by Gasteiger charge is -2.17. The fourth-order valence-electron chi connectivity index (χ4n) is 1.41. The summed E-state index contributed by atoms with van der Waals surface area (Å²) in [5.74, 6) is 0. The van der Waals surface area contributed by atoms with Crippen LogP contribution in [0.4, 0.5) is 0 Å². The molecule has 0 saturated carbocycles. The molecule has 4 nitrogen and oxygen atoms in total. The first-order valence-electron chi connectivity index (χ1n) is 3.42. The maximum atomic E-state index is 9.19. The number of morpholine rings is 1. The highest BCUT2D eigenvalue weighted by Gasteiger charge is 2.52. The molecule has 4 unspecified atom stereocenters. The van der Waals surface area contributed by atoms with Gasteiger partial charge in [0.05, 0.1) is 12.1 Å². The van der Waals surface area contributed by atoms with Crippen LogP contribution in [0.25, 0.3) is 0 Å². The number of fused-ring (bicyclic) bond motifs is 1. The van der Waals surface area contributed by atoms with Gasteiger partial charge >= 0.3 is 0 Å². The van der Waals surface area contributed by atoms with E-state index in [9.17, 15) is 5.11 Å². The van der Waals surface area contributed by atoms with Gasteiger partial charge in [-0.05, 0) is 0 Å². The number of ether oxygens (including phenoxy) is 2. The molecule has 2 rings (SSSR count). The minimum absolute atomic E-state index is 0.0185. The number of aliphatic hydroxyl groups excluding tert-OH is 1. The molecule has 2 aliphatic rings. The monoisotopic (exact) mass is 145 g/mol. The van der Waals surface area contributed by atoms with E-state index >= 15 is 0 Å². The van der Waals surface area contributed by atoms with Crippen LogP contribution in [0.15, 0.2) is 0 Å². The van der Waals surface area contributed by atoms with Crippen LogP contribution in [0.3, 0.4) is 0 Å². The first-order valence-corrected chi connectivity index (χ1v) is 3.42. The van der Waals surface area contributed by atoms with Crippen molar-refractivity contribution in [3.05, 3.63) is 0 Å². The standard InChI is InChI=1S/C6H11NO3/c1-9-6(8)4-5-3(10-5)2-7-4/h3-8H,2H2,1H3. The van der Waals surface area contributed by atoms with E-state index < -0.39 is 6.29 Å². The summed E-state index contributed by atoms with van der Waals surface area (Å²) in [6.07, 6.45) is -0.206. The van der Waals surface area contributed by atoms with Crippen LogP contribution in [0.1, 0.15) is 0 Å². The second-order valence-corrected chi connectivity index (χ2v) is 2.70. The minimum Gasteiger partial charge on any atom is -0.367 e. The first kappa shape index (κ1) is 6.54. The number of aliphatic hydroxyl groups is 1. The quantitative estimate of drug-likeness (QED) is 0.374. The van der Waals surface area contributed by atoms with Crippen molar-refractivity contribution in [2.75, 3.05) is 13.7 Å². The van der Waals surface area contributed by atoms with Crippen molar-refractivity contribution in [2.45, 2.75) is 24.5 Å². The van der Waals surface area contributed by atoms with E-state index in [1.54, 1.807) is 0 Å². The summed E-state index contributed by atoms with van der Waals surface area (Å²) in [5, 5.41) is 12.3. The van der Waals surface area contributed by atoms with Crippen molar-refractivity contribution in [3.8, 4) is 0 Å². The van der Waals surface area contributed by atoms with Gasteiger partial charge in [0.1, 0.15) is 6.10 Å². The van der Waals surface area contributed by atoms with Gasteiger partial charge in [-0.3, -0.25) is 0 Å². The highest BCUT2D eigenvalue weighted by atomic mass is 16.6. The predicted octanol–water partition coefficient (Wildman–Crippen LogP) is -1.31. The molecule has 0 radical (unpaired) electrons. The second-order valence-electron chi connectivity index (χ2n) is 2.70. The lowest BCUT2D eigenvalue weighted by molar-refractivity contribution is -0.100. The molecule has 4 atom stereocenters. The van der Waals surface area contributed by atoms with E-state index in [0.29, 0.717) is 6.10 Å². The van der Waals surface area contributed by atoms with Crippen LogP contribution >= 0.6 is 0 Å². The van der Waals surface area contributed by atoms with Crippen LogP contribution < -0.4 is 5.32 Å².